The van der Waals surface area contributed by atoms with E-state index in [1.54, 1.807) is 6.07 Å². The second-order valence-electron chi connectivity index (χ2n) is 6.23. The van der Waals surface area contributed by atoms with Crippen LogP contribution in [0.3, 0.4) is 0 Å². The van der Waals surface area contributed by atoms with Crippen molar-refractivity contribution in [3.8, 4) is 6.07 Å². The normalized spacial score (nSPS) is 17.4. The Labute approximate surface area is 143 Å². The number of hydrogen-bond donors (Lipinski definition) is 1. The molecular formula is C19H23N5. The first-order valence-electron chi connectivity index (χ1n) is 8.59. The van der Waals surface area contributed by atoms with Crippen LogP contribution < -0.4 is 10.2 Å². The number of nitriles is 1. The molecule has 1 aromatic heterocycles. The van der Waals surface area contributed by atoms with Crippen molar-refractivity contribution in [2.24, 2.45) is 0 Å². The van der Waals surface area contributed by atoms with Crippen molar-refractivity contribution in [3.63, 3.8) is 0 Å². The molecule has 1 unspecified atom stereocenters. The van der Waals surface area contributed by atoms with E-state index in [-0.39, 0.29) is 0 Å². The monoisotopic (exact) mass is 321 g/mol. The zero-order valence-corrected chi connectivity index (χ0v) is 14.3. The second kappa shape index (κ2) is 7.31. The van der Waals surface area contributed by atoms with Crippen LogP contribution in [0.25, 0.3) is 0 Å². The molecule has 0 amide bonds. The Kier molecular flexibility index (Phi) is 4.95. The molecule has 1 aliphatic heterocycles. The largest absolute Gasteiger partial charge is 0.339 e. The Bertz CT molecular complexity index is 750. The lowest BCUT2D eigenvalue weighted by Gasteiger charge is -2.35. The van der Waals surface area contributed by atoms with Crippen LogP contribution in [0.2, 0.25) is 0 Å². The quantitative estimate of drug-likeness (QED) is 0.915. The molecule has 1 fully saturated rings. The number of anilines is 3. The number of hydrogen-bond acceptors (Lipinski definition) is 5. The summed E-state index contributed by atoms with van der Waals surface area (Å²) < 4.78 is 0. The molecule has 124 valence electrons. The van der Waals surface area contributed by atoms with Gasteiger partial charge in [0, 0.05) is 24.3 Å². The Hall–Kier alpha value is -2.61. The molecule has 2 aromatic rings. The van der Waals surface area contributed by atoms with Crippen LogP contribution in [-0.2, 0) is 0 Å². The summed E-state index contributed by atoms with van der Waals surface area (Å²) >= 11 is 0. The van der Waals surface area contributed by atoms with Gasteiger partial charge in [0.15, 0.2) is 0 Å². The van der Waals surface area contributed by atoms with Crippen molar-refractivity contribution >= 4 is 17.5 Å². The number of rotatable bonds is 4. The molecule has 5 nitrogen and oxygen atoms in total. The van der Waals surface area contributed by atoms with Crippen LogP contribution in [0.5, 0.6) is 0 Å². The predicted octanol–water partition coefficient (Wildman–Crippen LogP) is 4.17. The fraction of sp³-hybridized carbons (Fsp3) is 0.421. The number of aryl methyl sites for hydroxylation is 1. The first-order valence-corrected chi connectivity index (χ1v) is 8.59. The zero-order valence-electron chi connectivity index (χ0n) is 14.3. The maximum absolute atomic E-state index is 9.25. The van der Waals surface area contributed by atoms with Crippen molar-refractivity contribution in [2.75, 3.05) is 16.8 Å². The van der Waals surface area contributed by atoms with Gasteiger partial charge in [0.25, 0.3) is 0 Å². The summed E-state index contributed by atoms with van der Waals surface area (Å²) in [6.07, 6.45) is 4.78. The third-order valence-corrected chi connectivity index (χ3v) is 4.51. The molecule has 1 saturated heterocycles. The summed E-state index contributed by atoms with van der Waals surface area (Å²) in [6.45, 7) is 5.22. The lowest BCUT2D eigenvalue weighted by Crippen LogP contribution is -2.40. The minimum atomic E-state index is 0.514. The van der Waals surface area contributed by atoms with E-state index < -0.39 is 0 Å². The summed E-state index contributed by atoms with van der Waals surface area (Å²) in [6, 6.07) is 12.1. The molecule has 0 aliphatic carbocycles. The molecule has 1 aromatic carbocycles. The van der Waals surface area contributed by atoms with Gasteiger partial charge in [0.1, 0.15) is 11.9 Å². The van der Waals surface area contributed by atoms with Gasteiger partial charge >= 0.3 is 0 Å². The summed E-state index contributed by atoms with van der Waals surface area (Å²) in [4.78, 5) is 11.7. The number of aromatic nitrogens is 2. The highest BCUT2D eigenvalue weighted by Gasteiger charge is 2.23. The highest BCUT2D eigenvalue weighted by Crippen LogP contribution is 2.26. The molecule has 1 N–H and O–H groups in total. The minimum Gasteiger partial charge on any atom is -0.339 e. The Morgan fingerprint density at radius 3 is 2.92 bits per heavy atom. The SMILES string of the molecule is CCC1CCCCN1c1nc(C)cc(Nc2ccccc2C#N)n1. The van der Waals surface area contributed by atoms with Gasteiger partial charge in [-0.25, -0.2) is 4.98 Å². The average molecular weight is 321 g/mol. The summed E-state index contributed by atoms with van der Waals surface area (Å²) in [5.41, 5.74) is 2.31. The van der Waals surface area contributed by atoms with Crippen LogP contribution >= 0.6 is 0 Å². The van der Waals surface area contributed by atoms with Gasteiger partial charge in [-0.3, -0.25) is 0 Å². The fourth-order valence-corrected chi connectivity index (χ4v) is 3.26. The molecule has 1 aliphatic rings. The van der Waals surface area contributed by atoms with Crippen molar-refractivity contribution in [1.29, 1.82) is 5.26 Å². The van der Waals surface area contributed by atoms with E-state index in [2.05, 4.69) is 28.2 Å². The highest BCUT2D eigenvalue weighted by molar-refractivity contribution is 5.65. The van der Waals surface area contributed by atoms with Gasteiger partial charge in [0.2, 0.25) is 5.95 Å². The molecule has 2 heterocycles. The number of piperidine rings is 1. The van der Waals surface area contributed by atoms with Gasteiger partial charge in [0.05, 0.1) is 11.3 Å². The molecule has 0 spiro atoms. The lowest BCUT2D eigenvalue weighted by molar-refractivity contribution is 0.443. The standard InChI is InChI=1S/C19H23N5/c1-3-16-9-6-7-11-24(16)19-21-14(2)12-18(23-19)22-17-10-5-4-8-15(17)13-20/h4-5,8,10,12,16H,3,6-7,9,11H2,1-2H3,(H,21,22,23). The fourth-order valence-electron chi connectivity index (χ4n) is 3.26. The Morgan fingerprint density at radius 2 is 2.12 bits per heavy atom. The molecule has 24 heavy (non-hydrogen) atoms. The topological polar surface area (TPSA) is 64.8 Å². The van der Waals surface area contributed by atoms with Crippen molar-refractivity contribution < 1.29 is 0 Å². The van der Waals surface area contributed by atoms with Crippen LogP contribution in [0.15, 0.2) is 30.3 Å². The number of nitrogens with one attached hydrogen (secondary N) is 1. The van der Waals surface area contributed by atoms with E-state index in [0.29, 0.717) is 11.6 Å². The first-order chi connectivity index (χ1) is 11.7. The maximum Gasteiger partial charge on any atom is 0.227 e. The van der Waals surface area contributed by atoms with Gasteiger partial charge < -0.3 is 10.2 Å². The maximum atomic E-state index is 9.25. The van der Waals surface area contributed by atoms with E-state index in [0.717, 1.165) is 36.1 Å². The van der Waals surface area contributed by atoms with Crippen LogP contribution in [0.4, 0.5) is 17.5 Å². The summed E-state index contributed by atoms with van der Waals surface area (Å²) in [5, 5.41) is 12.5. The van der Waals surface area contributed by atoms with Crippen LogP contribution in [-0.4, -0.2) is 22.6 Å². The van der Waals surface area contributed by atoms with Crippen LogP contribution in [0, 0.1) is 18.3 Å². The van der Waals surface area contributed by atoms with Gasteiger partial charge in [-0.1, -0.05) is 19.1 Å². The molecule has 0 bridgehead atoms. The molecule has 3 rings (SSSR count). The van der Waals surface area contributed by atoms with E-state index >= 15 is 0 Å². The molecule has 5 heteroatoms. The van der Waals surface area contributed by atoms with Gasteiger partial charge in [-0.15, -0.1) is 0 Å². The van der Waals surface area contributed by atoms with E-state index in [4.69, 9.17) is 4.98 Å². The smallest absolute Gasteiger partial charge is 0.227 e. The van der Waals surface area contributed by atoms with Crippen molar-refractivity contribution in [1.82, 2.24) is 9.97 Å². The molecular weight excluding hydrogens is 298 g/mol. The predicted molar refractivity (Wildman–Crippen MR) is 96.5 cm³/mol. The van der Waals surface area contributed by atoms with E-state index in [9.17, 15) is 5.26 Å². The number of nitrogens with zero attached hydrogens (tertiary/aromatic N) is 4. The van der Waals surface area contributed by atoms with Gasteiger partial charge in [-0.05, 0) is 44.7 Å². The second-order valence-corrected chi connectivity index (χ2v) is 6.23. The number of benzene rings is 1. The first kappa shape index (κ1) is 16.3. The zero-order chi connectivity index (χ0) is 16.9. The molecule has 0 saturated carbocycles. The Balaban J connectivity index is 1.90. The van der Waals surface area contributed by atoms with Gasteiger partial charge in [-0.2, -0.15) is 10.2 Å². The van der Waals surface area contributed by atoms with Crippen molar-refractivity contribution in [2.45, 2.75) is 45.6 Å². The number of para-hydroxylation sites is 1. The van der Waals surface area contributed by atoms with E-state index in [1.165, 1.54) is 19.3 Å². The lowest BCUT2D eigenvalue weighted by atomic mass is 10.0. The average Bonchev–Trinajstić information content (AvgIpc) is 2.61. The molecule has 1 atom stereocenters. The van der Waals surface area contributed by atoms with Crippen molar-refractivity contribution in [3.05, 3.63) is 41.6 Å². The summed E-state index contributed by atoms with van der Waals surface area (Å²) in [5.74, 6) is 1.53. The Morgan fingerprint density at radius 1 is 1.29 bits per heavy atom. The summed E-state index contributed by atoms with van der Waals surface area (Å²) in [7, 11) is 0. The minimum absolute atomic E-state index is 0.514. The third-order valence-electron chi connectivity index (χ3n) is 4.51. The molecule has 0 radical (unpaired) electrons. The highest BCUT2D eigenvalue weighted by atomic mass is 15.3. The van der Waals surface area contributed by atoms with Crippen LogP contribution in [0.1, 0.15) is 43.9 Å². The van der Waals surface area contributed by atoms with E-state index in [1.807, 2.05) is 31.2 Å². The third kappa shape index (κ3) is 3.48.